The summed E-state index contributed by atoms with van der Waals surface area (Å²) >= 11 is 1.32. The highest BCUT2D eigenvalue weighted by Crippen LogP contribution is 2.38. The number of amides is 1. The zero-order chi connectivity index (χ0) is 22.1. The van der Waals surface area contributed by atoms with Gasteiger partial charge in [-0.3, -0.25) is 19.0 Å². The second-order valence-electron chi connectivity index (χ2n) is 8.16. The number of nitrogens with zero attached hydrogens (tertiary/aromatic N) is 2. The molecule has 0 saturated heterocycles. The van der Waals surface area contributed by atoms with Crippen molar-refractivity contribution in [2.45, 2.75) is 50.1 Å². The minimum atomic E-state index is -0.408. The van der Waals surface area contributed by atoms with Crippen LogP contribution in [0, 0.1) is 5.92 Å². The number of hydrogen-bond donors (Lipinski definition) is 1. The smallest absolute Gasteiger partial charge is 0.262 e. The van der Waals surface area contributed by atoms with Crippen LogP contribution in [0.15, 0.2) is 58.5 Å². The molecule has 1 atom stereocenters. The number of anilines is 1. The van der Waals surface area contributed by atoms with E-state index >= 15 is 0 Å². The van der Waals surface area contributed by atoms with Crippen molar-refractivity contribution in [1.82, 2.24) is 9.55 Å². The van der Waals surface area contributed by atoms with Crippen molar-refractivity contribution in [1.29, 1.82) is 0 Å². The first kappa shape index (κ1) is 21.3. The normalized spacial score (nSPS) is 14.6. The topological polar surface area (TPSA) is 81.1 Å². The third-order valence-corrected chi connectivity index (χ3v) is 6.37. The number of aromatic nitrogens is 2. The molecule has 0 spiro atoms. The number of hydrogen-bond acceptors (Lipinski definition) is 5. The van der Waals surface area contributed by atoms with Crippen LogP contribution in [0.2, 0.25) is 0 Å². The Morgan fingerprint density at radius 1 is 1.06 bits per heavy atom. The molecule has 1 aliphatic rings. The van der Waals surface area contributed by atoms with Gasteiger partial charge in [-0.1, -0.05) is 37.7 Å². The fourth-order valence-corrected chi connectivity index (χ4v) is 4.37. The number of ketones is 1. The van der Waals surface area contributed by atoms with Crippen molar-refractivity contribution in [2.24, 2.45) is 5.92 Å². The van der Waals surface area contributed by atoms with Crippen LogP contribution in [-0.2, 0) is 4.79 Å². The van der Waals surface area contributed by atoms with Crippen LogP contribution in [0.4, 0.5) is 5.69 Å². The summed E-state index contributed by atoms with van der Waals surface area (Å²) in [5.41, 5.74) is 1.83. The molecular formula is C24H25N3O3S. The lowest BCUT2D eigenvalue weighted by Crippen LogP contribution is -2.24. The van der Waals surface area contributed by atoms with Gasteiger partial charge in [0.15, 0.2) is 10.9 Å². The third kappa shape index (κ3) is 4.56. The molecule has 3 aromatic rings. The molecule has 1 aliphatic carbocycles. The van der Waals surface area contributed by atoms with Gasteiger partial charge in [-0.2, -0.15) is 0 Å². The molecule has 1 amide bonds. The molecular weight excluding hydrogens is 410 g/mol. The predicted octanol–water partition coefficient (Wildman–Crippen LogP) is 4.69. The Morgan fingerprint density at radius 2 is 1.74 bits per heavy atom. The van der Waals surface area contributed by atoms with Crippen LogP contribution in [-0.4, -0.2) is 26.5 Å². The van der Waals surface area contributed by atoms with Crippen molar-refractivity contribution in [2.75, 3.05) is 5.32 Å². The lowest BCUT2D eigenvalue weighted by molar-refractivity contribution is -0.118. The lowest BCUT2D eigenvalue weighted by atomic mass is 10.1. The zero-order valence-corrected chi connectivity index (χ0v) is 18.6. The first-order valence-corrected chi connectivity index (χ1v) is 11.4. The summed E-state index contributed by atoms with van der Waals surface area (Å²) < 4.78 is 1.75. The Balaban J connectivity index is 1.55. The highest BCUT2D eigenvalue weighted by Gasteiger charge is 2.30. The summed E-state index contributed by atoms with van der Waals surface area (Å²) in [6.07, 6.45) is 1.92. The number of carbonyl (C=O) groups is 2. The molecule has 160 valence electrons. The van der Waals surface area contributed by atoms with Gasteiger partial charge in [-0.25, -0.2) is 4.98 Å². The molecule has 31 heavy (non-hydrogen) atoms. The monoisotopic (exact) mass is 435 g/mol. The van der Waals surface area contributed by atoms with E-state index < -0.39 is 5.25 Å². The Hall–Kier alpha value is -2.93. The number of para-hydroxylation sites is 1. The number of carbonyl (C=O) groups excluding carboxylic acids is 2. The zero-order valence-electron chi connectivity index (χ0n) is 17.8. The quantitative estimate of drug-likeness (QED) is 0.331. The lowest BCUT2D eigenvalue weighted by Gasteiger charge is -2.16. The average Bonchev–Trinajstić information content (AvgIpc) is 3.59. The second kappa shape index (κ2) is 8.67. The Kier molecular flexibility index (Phi) is 5.96. The van der Waals surface area contributed by atoms with Crippen LogP contribution < -0.4 is 10.9 Å². The van der Waals surface area contributed by atoms with Crippen LogP contribution in [0.3, 0.4) is 0 Å². The van der Waals surface area contributed by atoms with E-state index in [-0.39, 0.29) is 29.2 Å². The van der Waals surface area contributed by atoms with Crippen molar-refractivity contribution in [3.05, 3.63) is 64.4 Å². The molecule has 4 rings (SSSR count). The molecule has 0 radical (unpaired) electrons. The van der Waals surface area contributed by atoms with Gasteiger partial charge in [0.2, 0.25) is 5.91 Å². The molecule has 1 aromatic heterocycles. The SMILES string of the molecule is CC(C)C(=O)Nc1ccc(C(=O)[C@@H](C)Sc2nc3ccccc3c(=O)n2C2CC2)cc1. The first-order chi connectivity index (χ1) is 14.8. The van der Waals surface area contributed by atoms with Gasteiger partial charge < -0.3 is 5.32 Å². The molecule has 7 heteroatoms. The minimum absolute atomic E-state index is 0.0412. The van der Waals surface area contributed by atoms with E-state index in [1.54, 1.807) is 34.9 Å². The van der Waals surface area contributed by atoms with Crippen molar-refractivity contribution in [3.8, 4) is 0 Å². The molecule has 0 unspecified atom stereocenters. The number of nitrogens with one attached hydrogen (secondary N) is 1. The molecule has 2 aromatic carbocycles. The summed E-state index contributed by atoms with van der Waals surface area (Å²) in [4.78, 5) is 42.6. The van der Waals surface area contributed by atoms with E-state index in [1.807, 2.05) is 39.0 Å². The number of fused-ring (bicyclic) bond motifs is 1. The number of thioether (sulfide) groups is 1. The molecule has 1 fully saturated rings. The molecule has 6 nitrogen and oxygen atoms in total. The van der Waals surface area contributed by atoms with Gasteiger partial charge in [-0.15, -0.1) is 0 Å². The average molecular weight is 436 g/mol. The van der Waals surface area contributed by atoms with Crippen LogP contribution in [0.1, 0.15) is 50.0 Å². The van der Waals surface area contributed by atoms with Crippen LogP contribution in [0.5, 0.6) is 0 Å². The number of benzene rings is 2. The second-order valence-corrected chi connectivity index (χ2v) is 9.47. The van der Waals surface area contributed by atoms with Crippen LogP contribution in [0.25, 0.3) is 10.9 Å². The van der Waals surface area contributed by atoms with E-state index in [4.69, 9.17) is 4.98 Å². The van der Waals surface area contributed by atoms with Gasteiger partial charge >= 0.3 is 0 Å². The molecule has 0 aliphatic heterocycles. The van der Waals surface area contributed by atoms with Crippen molar-refractivity contribution in [3.63, 3.8) is 0 Å². The summed E-state index contributed by atoms with van der Waals surface area (Å²) in [5, 5.41) is 3.61. The van der Waals surface area contributed by atoms with E-state index in [2.05, 4.69) is 5.32 Å². The Bertz CT molecular complexity index is 1200. The predicted molar refractivity (Wildman–Crippen MR) is 124 cm³/mol. The minimum Gasteiger partial charge on any atom is -0.326 e. The summed E-state index contributed by atoms with van der Waals surface area (Å²) in [5.74, 6) is -0.226. The van der Waals surface area contributed by atoms with Gasteiger partial charge in [0, 0.05) is 23.2 Å². The van der Waals surface area contributed by atoms with Crippen molar-refractivity contribution < 1.29 is 9.59 Å². The first-order valence-electron chi connectivity index (χ1n) is 10.5. The standard InChI is InChI=1S/C24H25N3O3S/c1-14(2)22(29)25-17-10-8-16(9-11-17)21(28)15(3)31-24-26-20-7-5-4-6-19(20)23(30)27(24)18-12-13-18/h4-11,14-15,18H,12-13H2,1-3H3,(H,25,29)/t15-/m1/s1. The van der Waals surface area contributed by atoms with Gasteiger partial charge in [-0.05, 0) is 56.2 Å². The largest absolute Gasteiger partial charge is 0.326 e. The van der Waals surface area contributed by atoms with E-state index in [9.17, 15) is 14.4 Å². The van der Waals surface area contributed by atoms with Gasteiger partial charge in [0.25, 0.3) is 5.56 Å². The maximum absolute atomic E-state index is 13.0. The van der Waals surface area contributed by atoms with E-state index in [0.29, 0.717) is 27.3 Å². The Labute approximate surface area is 185 Å². The molecule has 1 saturated carbocycles. The molecule has 0 bridgehead atoms. The van der Waals surface area contributed by atoms with Crippen LogP contribution >= 0.6 is 11.8 Å². The van der Waals surface area contributed by atoms with Crippen molar-refractivity contribution >= 4 is 40.0 Å². The third-order valence-electron chi connectivity index (χ3n) is 5.30. The van der Waals surface area contributed by atoms with Gasteiger partial charge in [0.05, 0.1) is 16.2 Å². The summed E-state index contributed by atoms with van der Waals surface area (Å²) in [6.45, 7) is 5.49. The summed E-state index contributed by atoms with van der Waals surface area (Å²) in [7, 11) is 0. The Morgan fingerprint density at radius 3 is 2.39 bits per heavy atom. The molecule has 1 heterocycles. The number of rotatable bonds is 7. The summed E-state index contributed by atoms with van der Waals surface area (Å²) in [6, 6.07) is 14.4. The van der Waals surface area contributed by atoms with Gasteiger partial charge in [0.1, 0.15) is 0 Å². The maximum Gasteiger partial charge on any atom is 0.262 e. The molecule has 1 N–H and O–H groups in total. The maximum atomic E-state index is 13.0. The highest BCUT2D eigenvalue weighted by atomic mass is 32.2. The number of Topliss-reactive ketones (excluding diaryl/α,β-unsaturated/α-hetero) is 1. The van der Waals surface area contributed by atoms with E-state index in [0.717, 1.165) is 12.8 Å². The fraction of sp³-hybridized carbons (Fsp3) is 0.333. The van der Waals surface area contributed by atoms with E-state index in [1.165, 1.54) is 11.8 Å². The fourth-order valence-electron chi connectivity index (χ4n) is 3.31. The highest BCUT2D eigenvalue weighted by molar-refractivity contribution is 8.00.